The molecule has 2 aromatic carbocycles. The molecule has 0 unspecified atom stereocenters. The number of esters is 1. The van der Waals surface area contributed by atoms with E-state index in [0.29, 0.717) is 28.1 Å². The molecule has 0 atom stereocenters. The Morgan fingerprint density at radius 3 is 2.48 bits per heavy atom. The van der Waals surface area contributed by atoms with Crippen LogP contribution in [0.5, 0.6) is 5.75 Å². The topological polar surface area (TPSA) is 81.7 Å². The van der Waals surface area contributed by atoms with E-state index in [9.17, 15) is 13.2 Å². The van der Waals surface area contributed by atoms with Crippen molar-refractivity contribution in [3.05, 3.63) is 53.1 Å². The largest absolute Gasteiger partial charge is 0.496 e. The lowest BCUT2D eigenvalue weighted by Crippen LogP contribution is -2.15. The van der Waals surface area contributed by atoms with Gasteiger partial charge in [-0.3, -0.25) is 4.72 Å². The van der Waals surface area contributed by atoms with Crippen LogP contribution < -0.4 is 9.46 Å². The van der Waals surface area contributed by atoms with Gasteiger partial charge in [-0.25, -0.2) is 13.2 Å². The van der Waals surface area contributed by atoms with Crippen LogP contribution in [0.25, 0.3) is 0 Å². The Hall–Kier alpha value is -2.54. The van der Waals surface area contributed by atoms with Gasteiger partial charge >= 0.3 is 5.97 Å². The standard InChI is InChI=1S/C18H21NO5S/c1-5-24-18(20)15-7-6-8-16(13(15)3)19-25(21,22)14-9-10-17(23-4)12(2)11-14/h6-11,19H,5H2,1-4H3. The van der Waals surface area contributed by atoms with Crippen molar-refractivity contribution >= 4 is 21.7 Å². The molecule has 0 bridgehead atoms. The molecule has 25 heavy (non-hydrogen) atoms. The highest BCUT2D eigenvalue weighted by molar-refractivity contribution is 7.92. The number of anilines is 1. The fraction of sp³-hybridized carbons (Fsp3) is 0.278. The van der Waals surface area contributed by atoms with E-state index in [4.69, 9.17) is 9.47 Å². The van der Waals surface area contributed by atoms with Crippen molar-refractivity contribution in [1.82, 2.24) is 0 Å². The molecule has 2 aromatic rings. The normalized spacial score (nSPS) is 11.0. The first-order chi connectivity index (χ1) is 11.8. The van der Waals surface area contributed by atoms with Crippen molar-refractivity contribution in [2.75, 3.05) is 18.4 Å². The van der Waals surface area contributed by atoms with Gasteiger partial charge < -0.3 is 9.47 Å². The molecule has 6 nitrogen and oxygen atoms in total. The highest BCUT2D eigenvalue weighted by atomic mass is 32.2. The number of aryl methyl sites for hydroxylation is 1. The minimum absolute atomic E-state index is 0.117. The predicted molar refractivity (Wildman–Crippen MR) is 95.7 cm³/mol. The first-order valence-corrected chi connectivity index (χ1v) is 9.22. The first kappa shape index (κ1) is 18.8. The van der Waals surface area contributed by atoms with Crippen molar-refractivity contribution in [3.63, 3.8) is 0 Å². The molecule has 1 N–H and O–H groups in total. The lowest BCUT2D eigenvalue weighted by Gasteiger charge is -2.14. The number of carbonyl (C=O) groups is 1. The third kappa shape index (κ3) is 4.11. The maximum Gasteiger partial charge on any atom is 0.338 e. The number of carbonyl (C=O) groups excluding carboxylic acids is 1. The molecule has 0 aliphatic rings. The number of nitrogens with one attached hydrogen (secondary N) is 1. The maximum absolute atomic E-state index is 12.6. The lowest BCUT2D eigenvalue weighted by molar-refractivity contribution is 0.0525. The summed E-state index contributed by atoms with van der Waals surface area (Å²) in [4.78, 5) is 12.1. The number of benzene rings is 2. The van der Waals surface area contributed by atoms with E-state index in [1.807, 2.05) is 0 Å². The predicted octanol–water partition coefficient (Wildman–Crippen LogP) is 3.29. The van der Waals surface area contributed by atoms with Crippen molar-refractivity contribution in [2.24, 2.45) is 0 Å². The molecule has 0 amide bonds. The summed E-state index contributed by atoms with van der Waals surface area (Å²) in [7, 11) is -2.27. The van der Waals surface area contributed by atoms with Crippen LogP contribution in [-0.4, -0.2) is 28.1 Å². The van der Waals surface area contributed by atoms with Crippen LogP contribution in [0.4, 0.5) is 5.69 Å². The summed E-state index contributed by atoms with van der Waals surface area (Å²) in [5.41, 5.74) is 1.88. The first-order valence-electron chi connectivity index (χ1n) is 7.74. The molecular formula is C18H21NO5S. The molecule has 2 rings (SSSR count). The number of hydrogen-bond acceptors (Lipinski definition) is 5. The number of hydrogen-bond donors (Lipinski definition) is 1. The van der Waals surface area contributed by atoms with E-state index in [0.717, 1.165) is 0 Å². The van der Waals surface area contributed by atoms with Gasteiger partial charge in [0, 0.05) is 0 Å². The molecule has 0 aliphatic heterocycles. The molecule has 0 fully saturated rings. The van der Waals surface area contributed by atoms with Gasteiger partial charge in [0.1, 0.15) is 5.75 Å². The molecule has 7 heteroatoms. The summed E-state index contributed by atoms with van der Waals surface area (Å²) < 4.78 is 38.0. The minimum atomic E-state index is -3.80. The lowest BCUT2D eigenvalue weighted by atomic mass is 10.1. The molecule has 0 aromatic heterocycles. The zero-order valence-electron chi connectivity index (χ0n) is 14.6. The van der Waals surface area contributed by atoms with Crippen molar-refractivity contribution in [3.8, 4) is 5.75 Å². The van der Waals surface area contributed by atoms with Gasteiger partial charge in [0.15, 0.2) is 0 Å². The molecule has 0 saturated heterocycles. The quantitative estimate of drug-likeness (QED) is 0.797. The van der Waals surface area contributed by atoms with Gasteiger partial charge in [-0.05, 0) is 62.2 Å². The molecule has 0 saturated carbocycles. The second kappa shape index (κ2) is 7.57. The van der Waals surface area contributed by atoms with Gasteiger partial charge in [0.05, 0.1) is 29.9 Å². The molecule has 134 valence electrons. The van der Waals surface area contributed by atoms with Gasteiger partial charge in [-0.15, -0.1) is 0 Å². The summed E-state index contributed by atoms with van der Waals surface area (Å²) in [5, 5.41) is 0. The Kier molecular flexibility index (Phi) is 5.69. The zero-order chi connectivity index (χ0) is 18.6. The molecular weight excluding hydrogens is 342 g/mol. The fourth-order valence-corrected chi connectivity index (χ4v) is 3.61. The van der Waals surface area contributed by atoms with Crippen LogP contribution in [0.1, 0.15) is 28.4 Å². The Balaban J connectivity index is 2.37. The molecule has 0 radical (unpaired) electrons. The number of ether oxygens (including phenoxy) is 2. The van der Waals surface area contributed by atoms with Crippen molar-refractivity contribution < 1.29 is 22.7 Å². The number of methoxy groups -OCH3 is 1. The summed E-state index contributed by atoms with van der Waals surface area (Å²) in [6.07, 6.45) is 0. The maximum atomic E-state index is 12.6. The van der Waals surface area contributed by atoms with Crippen LogP contribution in [-0.2, 0) is 14.8 Å². The van der Waals surface area contributed by atoms with E-state index in [-0.39, 0.29) is 11.5 Å². The van der Waals surface area contributed by atoms with Crippen LogP contribution >= 0.6 is 0 Å². The van der Waals surface area contributed by atoms with E-state index in [2.05, 4.69) is 4.72 Å². The van der Waals surface area contributed by atoms with E-state index in [1.165, 1.54) is 19.2 Å². The average molecular weight is 363 g/mol. The third-order valence-electron chi connectivity index (χ3n) is 3.75. The Labute approximate surface area is 147 Å². The Morgan fingerprint density at radius 2 is 1.88 bits per heavy atom. The van der Waals surface area contributed by atoms with Crippen LogP contribution in [0.15, 0.2) is 41.3 Å². The Morgan fingerprint density at radius 1 is 1.16 bits per heavy atom. The fourth-order valence-electron chi connectivity index (χ4n) is 2.40. The van der Waals surface area contributed by atoms with Crippen molar-refractivity contribution in [1.29, 1.82) is 0 Å². The van der Waals surface area contributed by atoms with Crippen LogP contribution in [0, 0.1) is 13.8 Å². The van der Waals surface area contributed by atoms with Crippen LogP contribution in [0.2, 0.25) is 0 Å². The summed E-state index contributed by atoms with van der Waals surface area (Å²) in [6.45, 7) is 5.40. The van der Waals surface area contributed by atoms with Gasteiger partial charge in [-0.2, -0.15) is 0 Å². The van der Waals surface area contributed by atoms with E-state index >= 15 is 0 Å². The highest BCUT2D eigenvalue weighted by Gasteiger charge is 2.19. The molecule has 0 heterocycles. The number of rotatable bonds is 6. The van der Waals surface area contributed by atoms with Gasteiger partial charge in [0.25, 0.3) is 10.0 Å². The molecule has 0 aliphatic carbocycles. The number of sulfonamides is 1. The SMILES string of the molecule is CCOC(=O)c1cccc(NS(=O)(=O)c2ccc(OC)c(C)c2)c1C. The van der Waals surface area contributed by atoms with Gasteiger partial charge in [0.2, 0.25) is 0 Å². The van der Waals surface area contributed by atoms with Crippen molar-refractivity contribution in [2.45, 2.75) is 25.7 Å². The zero-order valence-corrected chi connectivity index (χ0v) is 15.4. The second-order valence-corrected chi connectivity index (χ2v) is 7.12. The van der Waals surface area contributed by atoms with E-state index < -0.39 is 16.0 Å². The monoisotopic (exact) mass is 363 g/mol. The summed E-state index contributed by atoms with van der Waals surface area (Å²) >= 11 is 0. The third-order valence-corrected chi connectivity index (χ3v) is 5.11. The minimum Gasteiger partial charge on any atom is -0.496 e. The van der Waals surface area contributed by atoms with E-state index in [1.54, 1.807) is 45.0 Å². The van der Waals surface area contributed by atoms with Crippen LogP contribution in [0.3, 0.4) is 0 Å². The second-order valence-electron chi connectivity index (χ2n) is 5.44. The highest BCUT2D eigenvalue weighted by Crippen LogP contribution is 2.26. The molecule has 0 spiro atoms. The smallest absolute Gasteiger partial charge is 0.338 e. The summed E-state index contributed by atoms with van der Waals surface area (Å²) in [5.74, 6) is 0.126. The van der Waals surface area contributed by atoms with Gasteiger partial charge in [-0.1, -0.05) is 6.07 Å². The Bertz CT molecular complexity index is 890. The average Bonchev–Trinajstić information content (AvgIpc) is 2.56. The summed E-state index contributed by atoms with van der Waals surface area (Å²) in [6, 6.07) is 9.42.